The van der Waals surface area contributed by atoms with Crippen LogP contribution in [0.25, 0.3) is 0 Å². The number of hydrogen-bond acceptors (Lipinski definition) is 3. The summed E-state index contributed by atoms with van der Waals surface area (Å²) in [7, 11) is 0. The van der Waals surface area contributed by atoms with E-state index in [1.807, 2.05) is 19.1 Å². The van der Waals surface area contributed by atoms with Crippen LogP contribution in [-0.2, 0) is 11.2 Å². The molecule has 0 aliphatic rings. The number of hydrogen-bond donors (Lipinski definition) is 1. The zero-order chi connectivity index (χ0) is 12.1. The van der Waals surface area contributed by atoms with E-state index >= 15 is 0 Å². The maximum absolute atomic E-state index is 11.2. The fraction of sp³-hybridized carbons (Fsp3) is 0.308. The predicted octanol–water partition coefficient (Wildman–Crippen LogP) is 2.06. The summed E-state index contributed by atoms with van der Waals surface area (Å²) >= 11 is 0. The molecule has 16 heavy (non-hydrogen) atoms. The molecule has 0 spiro atoms. The van der Waals surface area contributed by atoms with Gasteiger partial charge in [-0.05, 0) is 38.0 Å². The first kappa shape index (κ1) is 12.5. The minimum atomic E-state index is -0.403. The Balaban J connectivity index is 2.64. The SMILES string of the molecule is C=C(C)C(=O)Oc1ccc(CC(C)N)cc1. The van der Waals surface area contributed by atoms with E-state index in [1.54, 1.807) is 19.1 Å². The summed E-state index contributed by atoms with van der Waals surface area (Å²) in [5.41, 5.74) is 7.20. The molecule has 0 aliphatic heterocycles. The Morgan fingerprint density at radius 3 is 2.44 bits per heavy atom. The van der Waals surface area contributed by atoms with Gasteiger partial charge in [-0.3, -0.25) is 0 Å². The van der Waals surface area contributed by atoms with E-state index in [0.717, 1.165) is 12.0 Å². The molecule has 0 amide bonds. The Hall–Kier alpha value is -1.61. The molecule has 1 aromatic carbocycles. The van der Waals surface area contributed by atoms with Gasteiger partial charge in [0.1, 0.15) is 5.75 Å². The molecule has 0 aliphatic carbocycles. The van der Waals surface area contributed by atoms with Crippen molar-refractivity contribution < 1.29 is 9.53 Å². The minimum absolute atomic E-state index is 0.129. The molecule has 0 aromatic heterocycles. The van der Waals surface area contributed by atoms with Gasteiger partial charge in [0.25, 0.3) is 0 Å². The molecule has 0 saturated carbocycles. The van der Waals surface area contributed by atoms with Crippen LogP contribution in [0, 0.1) is 0 Å². The second-order valence-electron chi connectivity index (χ2n) is 4.00. The van der Waals surface area contributed by atoms with Gasteiger partial charge in [-0.25, -0.2) is 4.79 Å². The maximum atomic E-state index is 11.2. The van der Waals surface area contributed by atoms with Crippen molar-refractivity contribution in [3.05, 3.63) is 42.0 Å². The summed E-state index contributed by atoms with van der Waals surface area (Å²) in [5.74, 6) is 0.126. The average Bonchev–Trinajstić information content (AvgIpc) is 2.20. The lowest BCUT2D eigenvalue weighted by Crippen LogP contribution is -2.17. The fourth-order valence-electron chi connectivity index (χ4n) is 1.26. The van der Waals surface area contributed by atoms with Crippen molar-refractivity contribution in [3.8, 4) is 5.75 Å². The van der Waals surface area contributed by atoms with Gasteiger partial charge in [0.2, 0.25) is 0 Å². The topological polar surface area (TPSA) is 52.3 Å². The smallest absolute Gasteiger partial charge is 0.338 e. The second-order valence-corrected chi connectivity index (χ2v) is 4.00. The van der Waals surface area contributed by atoms with E-state index in [2.05, 4.69) is 6.58 Å². The second kappa shape index (κ2) is 5.47. The van der Waals surface area contributed by atoms with Crippen LogP contribution in [-0.4, -0.2) is 12.0 Å². The van der Waals surface area contributed by atoms with Crippen LogP contribution in [0.5, 0.6) is 5.75 Å². The van der Waals surface area contributed by atoms with Gasteiger partial charge in [0.15, 0.2) is 0 Å². The van der Waals surface area contributed by atoms with E-state index < -0.39 is 5.97 Å². The monoisotopic (exact) mass is 219 g/mol. The number of esters is 1. The first-order valence-corrected chi connectivity index (χ1v) is 5.21. The quantitative estimate of drug-likeness (QED) is 0.479. The molecule has 1 aromatic rings. The number of benzene rings is 1. The zero-order valence-electron chi connectivity index (χ0n) is 9.69. The molecule has 0 saturated heterocycles. The summed E-state index contributed by atoms with van der Waals surface area (Å²) in [4.78, 5) is 11.2. The van der Waals surface area contributed by atoms with Crippen LogP contribution in [0.1, 0.15) is 19.4 Å². The first-order valence-electron chi connectivity index (χ1n) is 5.21. The van der Waals surface area contributed by atoms with Gasteiger partial charge in [-0.1, -0.05) is 18.7 Å². The van der Waals surface area contributed by atoms with Crippen LogP contribution in [0.3, 0.4) is 0 Å². The number of ether oxygens (including phenoxy) is 1. The Bertz CT molecular complexity index is 379. The van der Waals surface area contributed by atoms with Gasteiger partial charge < -0.3 is 10.5 Å². The van der Waals surface area contributed by atoms with Crippen LogP contribution >= 0.6 is 0 Å². The Labute approximate surface area is 95.9 Å². The molecule has 0 bridgehead atoms. The molecule has 1 rings (SSSR count). The van der Waals surface area contributed by atoms with E-state index in [0.29, 0.717) is 11.3 Å². The highest BCUT2D eigenvalue weighted by Gasteiger charge is 2.05. The van der Waals surface area contributed by atoms with Crippen molar-refractivity contribution in [3.63, 3.8) is 0 Å². The molecule has 3 heteroatoms. The first-order chi connectivity index (χ1) is 7.49. The molecular formula is C13H17NO2. The van der Waals surface area contributed by atoms with Crippen molar-refractivity contribution in [1.82, 2.24) is 0 Å². The number of carbonyl (C=O) groups excluding carboxylic acids is 1. The average molecular weight is 219 g/mol. The molecule has 1 atom stereocenters. The standard InChI is InChI=1S/C13H17NO2/c1-9(2)13(15)16-12-6-4-11(5-7-12)8-10(3)14/h4-7,10H,1,8,14H2,2-3H3. The van der Waals surface area contributed by atoms with Crippen molar-refractivity contribution in [1.29, 1.82) is 0 Å². The van der Waals surface area contributed by atoms with E-state index in [4.69, 9.17) is 10.5 Å². The van der Waals surface area contributed by atoms with E-state index in [-0.39, 0.29) is 6.04 Å². The Morgan fingerprint density at radius 1 is 1.44 bits per heavy atom. The molecule has 86 valence electrons. The third-order valence-corrected chi connectivity index (χ3v) is 2.04. The Morgan fingerprint density at radius 2 is 2.00 bits per heavy atom. The molecule has 0 radical (unpaired) electrons. The molecule has 0 fully saturated rings. The van der Waals surface area contributed by atoms with E-state index in [9.17, 15) is 4.79 Å². The molecule has 3 nitrogen and oxygen atoms in total. The van der Waals surface area contributed by atoms with Gasteiger partial charge in [-0.15, -0.1) is 0 Å². The van der Waals surface area contributed by atoms with Gasteiger partial charge in [0.05, 0.1) is 0 Å². The van der Waals surface area contributed by atoms with Gasteiger partial charge in [-0.2, -0.15) is 0 Å². The largest absolute Gasteiger partial charge is 0.423 e. The van der Waals surface area contributed by atoms with Crippen molar-refractivity contribution in [2.24, 2.45) is 5.73 Å². The number of rotatable bonds is 4. The summed E-state index contributed by atoms with van der Waals surface area (Å²) in [6.07, 6.45) is 0.814. The zero-order valence-corrected chi connectivity index (χ0v) is 9.69. The highest BCUT2D eigenvalue weighted by molar-refractivity contribution is 5.88. The maximum Gasteiger partial charge on any atom is 0.338 e. The number of nitrogens with two attached hydrogens (primary N) is 1. The van der Waals surface area contributed by atoms with Crippen LogP contribution in [0.15, 0.2) is 36.4 Å². The third kappa shape index (κ3) is 3.87. The third-order valence-electron chi connectivity index (χ3n) is 2.04. The van der Waals surface area contributed by atoms with Crippen molar-refractivity contribution >= 4 is 5.97 Å². The fourth-order valence-corrected chi connectivity index (χ4v) is 1.26. The van der Waals surface area contributed by atoms with Crippen LogP contribution in [0.2, 0.25) is 0 Å². The summed E-state index contributed by atoms with van der Waals surface area (Å²) < 4.78 is 5.07. The predicted molar refractivity (Wildman–Crippen MR) is 64.2 cm³/mol. The molecular weight excluding hydrogens is 202 g/mol. The lowest BCUT2D eigenvalue weighted by Gasteiger charge is -2.07. The van der Waals surface area contributed by atoms with Crippen molar-refractivity contribution in [2.75, 3.05) is 0 Å². The normalized spacial score (nSPS) is 11.9. The summed E-state index contributed by atoms with van der Waals surface area (Å²) in [6, 6.07) is 7.47. The number of carbonyl (C=O) groups is 1. The van der Waals surface area contributed by atoms with Gasteiger partial charge >= 0.3 is 5.97 Å². The summed E-state index contributed by atoms with van der Waals surface area (Å²) in [6.45, 7) is 7.09. The highest BCUT2D eigenvalue weighted by Crippen LogP contribution is 2.14. The van der Waals surface area contributed by atoms with E-state index in [1.165, 1.54) is 0 Å². The van der Waals surface area contributed by atoms with Crippen molar-refractivity contribution in [2.45, 2.75) is 26.3 Å². The Kier molecular flexibility index (Phi) is 4.26. The minimum Gasteiger partial charge on any atom is -0.423 e. The van der Waals surface area contributed by atoms with Crippen LogP contribution < -0.4 is 10.5 Å². The van der Waals surface area contributed by atoms with Gasteiger partial charge in [0, 0.05) is 11.6 Å². The summed E-state index contributed by atoms with van der Waals surface area (Å²) in [5, 5.41) is 0. The lowest BCUT2D eigenvalue weighted by atomic mass is 10.1. The molecule has 1 unspecified atom stereocenters. The highest BCUT2D eigenvalue weighted by atomic mass is 16.5. The molecule has 0 heterocycles. The molecule has 2 N–H and O–H groups in total. The van der Waals surface area contributed by atoms with Crippen LogP contribution in [0.4, 0.5) is 0 Å². The lowest BCUT2D eigenvalue weighted by molar-refractivity contribution is -0.130.